The Morgan fingerprint density at radius 2 is 1.81 bits per heavy atom. The highest BCUT2D eigenvalue weighted by molar-refractivity contribution is 6.00. The Morgan fingerprint density at radius 3 is 2.59 bits per heavy atom. The third-order valence-corrected chi connectivity index (χ3v) is 4.32. The second-order valence-electron chi connectivity index (χ2n) is 6.16. The number of urea groups is 1. The zero-order chi connectivity index (χ0) is 18.8. The predicted octanol–water partition coefficient (Wildman–Crippen LogP) is 5.09. The van der Waals surface area contributed by atoms with Crippen molar-refractivity contribution in [2.45, 2.75) is 6.92 Å². The van der Waals surface area contributed by atoms with Gasteiger partial charge in [-0.2, -0.15) is 0 Å². The van der Waals surface area contributed by atoms with Crippen LogP contribution in [0.5, 0.6) is 0 Å². The number of imidazole rings is 1. The standard InChI is InChI=1S/C21H17FN4O/c1-14-17(22)5-4-6-18(14)25-21(27)23-16-10-8-15(9-11-16)19-13-26-12-3-2-7-20(26)24-19/h2-13H,1H3,(H2,23,25,27). The van der Waals surface area contributed by atoms with Crippen LogP contribution < -0.4 is 10.6 Å². The predicted molar refractivity (Wildman–Crippen MR) is 104 cm³/mol. The molecule has 0 aliphatic heterocycles. The lowest BCUT2D eigenvalue weighted by atomic mass is 10.1. The first kappa shape index (κ1) is 16.8. The molecule has 27 heavy (non-hydrogen) atoms. The van der Waals surface area contributed by atoms with Crippen LogP contribution in [-0.4, -0.2) is 15.4 Å². The molecule has 0 unspecified atom stereocenters. The maximum absolute atomic E-state index is 13.6. The minimum absolute atomic E-state index is 0.357. The normalized spacial score (nSPS) is 10.7. The van der Waals surface area contributed by atoms with Crippen LogP contribution in [-0.2, 0) is 0 Å². The van der Waals surface area contributed by atoms with Crippen molar-refractivity contribution >= 4 is 23.1 Å². The van der Waals surface area contributed by atoms with Gasteiger partial charge in [0, 0.05) is 34.9 Å². The van der Waals surface area contributed by atoms with Gasteiger partial charge in [0.15, 0.2) is 0 Å². The van der Waals surface area contributed by atoms with Gasteiger partial charge in [-0.1, -0.05) is 24.3 Å². The first-order chi connectivity index (χ1) is 13.1. The highest BCUT2D eigenvalue weighted by Gasteiger charge is 2.08. The Hall–Kier alpha value is -3.67. The van der Waals surface area contributed by atoms with Crippen LogP contribution in [0.25, 0.3) is 16.9 Å². The summed E-state index contributed by atoms with van der Waals surface area (Å²) in [5.74, 6) is -0.357. The van der Waals surface area contributed by atoms with Gasteiger partial charge in [0.25, 0.3) is 0 Å². The maximum atomic E-state index is 13.6. The molecule has 2 N–H and O–H groups in total. The summed E-state index contributed by atoms with van der Waals surface area (Å²) in [7, 11) is 0. The van der Waals surface area contributed by atoms with Gasteiger partial charge in [-0.15, -0.1) is 0 Å². The number of hydrogen-bond acceptors (Lipinski definition) is 2. The molecule has 0 saturated carbocycles. The van der Waals surface area contributed by atoms with Crippen molar-refractivity contribution in [1.82, 2.24) is 9.38 Å². The third kappa shape index (κ3) is 3.50. The van der Waals surface area contributed by atoms with Crippen molar-refractivity contribution in [2.24, 2.45) is 0 Å². The van der Waals surface area contributed by atoms with Gasteiger partial charge >= 0.3 is 6.03 Å². The Labute approximate surface area is 155 Å². The molecule has 0 spiro atoms. The number of anilines is 2. The van der Waals surface area contributed by atoms with E-state index in [-0.39, 0.29) is 5.82 Å². The van der Waals surface area contributed by atoms with E-state index in [2.05, 4.69) is 15.6 Å². The number of fused-ring (bicyclic) bond motifs is 1. The average molecular weight is 360 g/mol. The van der Waals surface area contributed by atoms with E-state index in [0.29, 0.717) is 16.9 Å². The molecule has 0 aliphatic carbocycles. The Kier molecular flexibility index (Phi) is 4.30. The van der Waals surface area contributed by atoms with Gasteiger partial charge in [-0.3, -0.25) is 0 Å². The van der Waals surface area contributed by atoms with Gasteiger partial charge in [-0.25, -0.2) is 14.2 Å². The van der Waals surface area contributed by atoms with E-state index in [0.717, 1.165) is 16.9 Å². The molecule has 2 aromatic carbocycles. The van der Waals surface area contributed by atoms with E-state index in [1.54, 1.807) is 31.2 Å². The van der Waals surface area contributed by atoms with Crippen molar-refractivity contribution in [3.8, 4) is 11.3 Å². The number of benzene rings is 2. The molecule has 134 valence electrons. The maximum Gasteiger partial charge on any atom is 0.323 e. The van der Waals surface area contributed by atoms with E-state index in [1.807, 2.05) is 47.1 Å². The van der Waals surface area contributed by atoms with Crippen molar-refractivity contribution in [1.29, 1.82) is 0 Å². The molecule has 0 aliphatic rings. The average Bonchev–Trinajstić information content (AvgIpc) is 3.10. The second-order valence-corrected chi connectivity index (χ2v) is 6.16. The van der Waals surface area contributed by atoms with Gasteiger partial charge in [-0.05, 0) is 43.3 Å². The van der Waals surface area contributed by atoms with Gasteiger partial charge in [0.2, 0.25) is 0 Å². The topological polar surface area (TPSA) is 58.4 Å². The molecular formula is C21H17FN4O. The molecule has 5 nitrogen and oxygen atoms in total. The summed E-state index contributed by atoms with van der Waals surface area (Å²) < 4.78 is 15.5. The van der Waals surface area contributed by atoms with E-state index in [9.17, 15) is 9.18 Å². The largest absolute Gasteiger partial charge is 0.323 e. The molecule has 2 aromatic heterocycles. The number of amides is 2. The first-order valence-corrected chi connectivity index (χ1v) is 8.47. The molecule has 4 rings (SSSR count). The highest BCUT2D eigenvalue weighted by Crippen LogP contribution is 2.22. The molecule has 0 atom stereocenters. The Bertz CT molecular complexity index is 1090. The minimum atomic E-state index is -0.427. The summed E-state index contributed by atoms with van der Waals surface area (Å²) in [6.07, 6.45) is 3.90. The number of carbonyl (C=O) groups excluding carboxylic acids is 1. The molecule has 2 amide bonds. The van der Waals surface area contributed by atoms with Gasteiger partial charge in [0.1, 0.15) is 11.5 Å². The van der Waals surface area contributed by atoms with Gasteiger partial charge in [0.05, 0.1) is 5.69 Å². The SMILES string of the molecule is Cc1c(F)cccc1NC(=O)Nc1ccc(-c2cn3ccccc3n2)cc1. The molecular weight excluding hydrogens is 343 g/mol. The molecule has 0 bridgehead atoms. The summed E-state index contributed by atoms with van der Waals surface area (Å²) in [4.78, 5) is 16.7. The van der Waals surface area contributed by atoms with E-state index in [1.165, 1.54) is 6.07 Å². The van der Waals surface area contributed by atoms with Crippen LogP contribution in [0.2, 0.25) is 0 Å². The number of rotatable bonds is 3. The van der Waals surface area contributed by atoms with Crippen molar-refractivity contribution in [2.75, 3.05) is 10.6 Å². The second kappa shape index (κ2) is 6.92. The minimum Gasteiger partial charge on any atom is -0.308 e. The number of pyridine rings is 1. The zero-order valence-corrected chi connectivity index (χ0v) is 14.6. The van der Waals surface area contributed by atoms with Crippen molar-refractivity contribution in [3.63, 3.8) is 0 Å². The monoisotopic (exact) mass is 360 g/mol. The van der Waals surface area contributed by atoms with Crippen molar-refractivity contribution < 1.29 is 9.18 Å². The van der Waals surface area contributed by atoms with Crippen LogP contribution in [0.4, 0.5) is 20.6 Å². The molecule has 2 heterocycles. The van der Waals surface area contributed by atoms with Crippen LogP contribution in [0.15, 0.2) is 73.1 Å². The Morgan fingerprint density at radius 1 is 1.00 bits per heavy atom. The number of nitrogens with zero attached hydrogens (tertiary/aromatic N) is 2. The molecule has 0 radical (unpaired) electrons. The lowest BCUT2D eigenvalue weighted by Crippen LogP contribution is -2.20. The quantitative estimate of drug-likeness (QED) is 0.534. The first-order valence-electron chi connectivity index (χ1n) is 8.47. The number of hydrogen-bond donors (Lipinski definition) is 2. The fourth-order valence-electron chi connectivity index (χ4n) is 2.83. The van der Waals surface area contributed by atoms with E-state index in [4.69, 9.17) is 0 Å². The summed E-state index contributed by atoms with van der Waals surface area (Å²) in [6.45, 7) is 1.62. The van der Waals surface area contributed by atoms with E-state index < -0.39 is 6.03 Å². The third-order valence-electron chi connectivity index (χ3n) is 4.32. The van der Waals surface area contributed by atoms with Crippen LogP contribution >= 0.6 is 0 Å². The van der Waals surface area contributed by atoms with Gasteiger partial charge < -0.3 is 15.0 Å². The summed E-state index contributed by atoms with van der Waals surface area (Å²) in [5, 5.41) is 5.40. The molecule has 0 fully saturated rings. The number of carbonyl (C=O) groups is 1. The van der Waals surface area contributed by atoms with Crippen LogP contribution in [0.3, 0.4) is 0 Å². The van der Waals surface area contributed by atoms with E-state index >= 15 is 0 Å². The highest BCUT2D eigenvalue weighted by atomic mass is 19.1. The fourth-order valence-corrected chi connectivity index (χ4v) is 2.83. The molecule has 6 heteroatoms. The molecule has 0 saturated heterocycles. The summed E-state index contributed by atoms with van der Waals surface area (Å²) >= 11 is 0. The smallest absolute Gasteiger partial charge is 0.308 e. The summed E-state index contributed by atoms with van der Waals surface area (Å²) in [6, 6.07) is 17.4. The number of halogens is 1. The lowest BCUT2D eigenvalue weighted by Gasteiger charge is -2.10. The molecule has 4 aromatic rings. The number of nitrogens with one attached hydrogen (secondary N) is 2. The fraction of sp³-hybridized carbons (Fsp3) is 0.0476. The van der Waals surface area contributed by atoms with Crippen LogP contribution in [0, 0.1) is 12.7 Å². The van der Waals surface area contributed by atoms with Crippen LogP contribution in [0.1, 0.15) is 5.56 Å². The Balaban J connectivity index is 1.47. The summed E-state index contributed by atoms with van der Waals surface area (Å²) in [5.41, 5.74) is 4.15. The number of aromatic nitrogens is 2. The van der Waals surface area contributed by atoms with Crippen molar-refractivity contribution in [3.05, 3.63) is 84.4 Å². The zero-order valence-electron chi connectivity index (χ0n) is 14.6. The lowest BCUT2D eigenvalue weighted by molar-refractivity contribution is 0.262.